The highest BCUT2D eigenvalue weighted by Gasteiger charge is 2.44. The van der Waals surface area contributed by atoms with Gasteiger partial charge >= 0.3 is 0 Å². The molecule has 120 valence electrons. The lowest BCUT2D eigenvalue weighted by atomic mass is 10.1. The molecule has 3 rings (SSSR count). The van der Waals surface area contributed by atoms with E-state index in [4.69, 9.17) is 27.8 Å². The first-order valence-corrected chi connectivity index (χ1v) is 6.86. The van der Waals surface area contributed by atoms with Crippen LogP contribution in [-0.4, -0.2) is 59.3 Å². The fraction of sp³-hybridized carbons (Fsp3) is 0.545. The van der Waals surface area contributed by atoms with Crippen molar-refractivity contribution in [2.75, 3.05) is 12.3 Å². The zero-order valence-corrected chi connectivity index (χ0v) is 12.3. The van der Waals surface area contributed by atoms with Crippen molar-refractivity contribution in [3.8, 4) is 0 Å². The second kappa shape index (κ2) is 5.14. The van der Waals surface area contributed by atoms with E-state index in [1.807, 2.05) is 0 Å². The number of nitrogens with two attached hydrogens (primary N) is 1. The molecule has 1 fully saturated rings. The molecule has 0 amide bonds. The van der Waals surface area contributed by atoms with Gasteiger partial charge in [0.25, 0.3) is 5.56 Å². The summed E-state index contributed by atoms with van der Waals surface area (Å²) in [5.74, 6) is -0.112. The van der Waals surface area contributed by atoms with E-state index in [0.29, 0.717) is 0 Å². The number of aromatic nitrogens is 4. The van der Waals surface area contributed by atoms with Crippen LogP contribution in [0, 0.1) is 4.77 Å². The molecular weight excluding hydrogens is 314 g/mol. The molecule has 22 heavy (non-hydrogen) atoms. The maximum atomic E-state index is 12.0. The number of nitrogen functional groups attached to an aromatic ring is 1. The Morgan fingerprint density at radius 3 is 2.73 bits per heavy atom. The van der Waals surface area contributed by atoms with Crippen molar-refractivity contribution < 1.29 is 20.1 Å². The Hall–Kier alpha value is -1.79. The summed E-state index contributed by atoms with van der Waals surface area (Å²) in [7, 11) is 1.57. The zero-order chi connectivity index (χ0) is 16.2. The highest BCUT2D eigenvalue weighted by molar-refractivity contribution is 7.71. The topological polar surface area (TPSA) is 152 Å². The van der Waals surface area contributed by atoms with E-state index >= 15 is 0 Å². The molecule has 2 aromatic heterocycles. The van der Waals surface area contributed by atoms with Gasteiger partial charge in [0.1, 0.15) is 18.3 Å². The smallest absolute Gasteiger partial charge is 0.278 e. The molecule has 3 heterocycles. The number of hydrogen-bond acceptors (Lipinski definition) is 8. The van der Waals surface area contributed by atoms with E-state index in [9.17, 15) is 15.0 Å². The Kier molecular flexibility index (Phi) is 3.53. The zero-order valence-electron chi connectivity index (χ0n) is 11.5. The van der Waals surface area contributed by atoms with E-state index in [1.165, 1.54) is 9.13 Å². The van der Waals surface area contributed by atoms with Crippen molar-refractivity contribution in [3.63, 3.8) is 0 Å². The fourth-order valence-electron chi connectivity index (χ4n) is 2.61. The highest BCUT2D eigenvalue weighted by atomic mass is 32.1. The minimum absolute atomic E-state index is 0.112. The van der Waals surface area contributed by atoms with Gasteiger partial charge < -0.3 is 30.4 Å². The lowest BCUT2D eigenvalue weighted by molar-refractivity contribution is -0.0519. The maximum Gasteiger partial charge on any atom is 0.278 e. The predicted molar refractivity (Wildman–Crippen MR) is 77.6 cm³/mol. The Bertz CT molecular complexity index is 842. The SMILES string of the molecule is Cn1c(=S)n([C@@H]2O[C@H](CO)[C@@H](O)[C@H]2O)c2nc(N)[nH]c(=O)c21. The molecule has 0 unspecified atom stereocenters. The summed E-state index contributed by atoms with van der Waals surface area (Å²) < 4.78 is 8.32. The molecule has 0 bridgehead atoms. The lowest BCUT2D eigenvalue weighted by Crippen LogP contribution is -2.33. The molecule has 0 aliphatic carbocycles. The number of ether oxygens (including phenoxy) is 1. The molecule has 1 aliphatic heterocycles. The van der Waals surface area contributed by atoms with Crippen molar-refractivity contribution in [1.82, 2.24) is 19.1 Å². The lowest BCUT2D eigenvalue weighted by Gasteiger charge is -2.16. The van der Waals surface area contributed by atoms with Crippen molar-refractivity contribution in [1.29, 1.82) is 0 Å². The number of nitrogens with zero attached hydrogens (tertiary/aromatic N) is 3. The summed E-state index contributed by atoms with van der Waals surface area (Å²) >= 11 is 5.26. The molecule has 4 atom stereocenters. The molecule has 6 N–H and O–H groups in total. The molecule has 2 aromatic rings. The second-order valence-corrected chi connectivity index (χ2v) is 5.43. The quantitative estimate of drug-likeness (QED) is 0.396. The minimum atomic E-state index is -1.34. The van der Waals surface area contributed by atoms with Crippen LogP contribution in [0.4, 0.5) is 5.95 Å². The van der Waals surface area contributed by atoms with Gasteiger partial charge in [0.05, 0.1) is 6.61 Å². The number of nitrogens with one attached hydrogen (secondary N) is 1. The second-order valence-electron chi connectivity index (χ2n) is 5.06. The average molecular weight is 329 g/mol. The first-order chi connectivity index (χ1) is 10.4. The molecule has 1 saturated heterocycles. The maximum absolute atomic E-state index is 12.0. The van der Waals surface area contributed by atoms with E-state index in [0.717, 1.165) is 0 Å². The van der Waals surface area contributed by atoms with Crippen molar-refractivity contribution in [3.05, 3.63) is 15.1 Å². The normalized spacial score (nSPS) is 28.5. The van der Waals surface area contributed by atoms with Gasteiger partial charge in [0.2, 0.25) is 5.95 Å². The van der Waals surface area contributed by atoms with Crippen LogP contribution in [0.5, 0.6) is 0 Å². The largest absolute Gasteiger partial charge is 0.394 e. The number of aromatic amines is 1. The summed E-state index contributed by atoms with van der Waals surface area (Å²) in [6, 6.07) is 0. The molecular formula is C11H15N5O5S. The van der Waals surface area contributed by atoms with Crippen molar-refractivity contribution >= 4 is 29.3 Å². The number of anilines is 1. The number of rotatable bonds is 2. The van der Waals surface area contributed by atoms with E-state index in [-0.39, 0.29) is 21.9 Å². The van der Waals surface area contributed by atoms with Gasteiger partial charge in [0.15, 0.2) is 22.2 Å². The van der Waals surface area contributed by atoms with Gasteiger partial charge in [-0.15, -0.1) is 0 Å². The van der Waals surface area contributed by atoms with Crippen LogP contribution >= 0.6 is 12.2 Å². The summed E-state index contributed by atoms with van der Waals surface area (Å²) in [6.07, 6.45) is -4.67. The number of aliphatic hydroxyl groups is 3. The number of hydrogen-bond donors (Lipinski definition) is 5. The van der Waals surface area contributed by atoms with Crippen LogP contribution in [-0.2, 0) is 11.8 Å². The van der Waals surface area contributed by atoms with E-state index in [1.54, 1.807) is 7.05 Å². The monoisotopic (exact) mass is 329 g/mol. The van der Waals surface area contributed by atoms with Crippen LogP contribution in [0.3, 0.4) is 0 Å². The van der Waals surface area contributed by atoms with Gasteiger partial charge in [-0.2, -0.15) is 4.98 Å². The molecule has 11 heteroatoms. The van der Waals surface area contributed by atoms with Crippen LogP contribution in [0.1, 0.15) is 6.23 Å². The predicted octanol–water partition coefficient (Wildman–Crippen LogP) is -2.01. The number of aryl methyl sites for hydroxylation is 1. The number of imidazole rings is 1. The van der Waals surface area contributed by atoms with Crippen LogP contribution in [0.25, 0.3) is 11.2 Å². The Morgan fingerprint density at radius 2 is 2.14 bits per heavy atom. The van der Waals surface area contributed by atoms with E-state index in [2.05, 4.69) is 9.97 Å². The van der Waals surface area contributed by atoms with E-state index < -0.39 is 36.7 Å². The standard InChI is InChI=1S/C11H15N5O5S/c1-15-4-7(13-10(12)14-8(4)20)16(11(15)22)9-6(19)5(18)3(2-17)21-9/h3,5-6,9,17-19H,2H2,1H3,(H3,12,13,14,20)/t3-,5-,6-,9-/m1/s1. The summed E-state index contributed by atoms with van der Waals surface area (Å²) in [5.41, 5.74) is 5.36. The first kappa shape index (κ1) is 15.1. The average Bonchev–Trinajstić information content (AvgIpc) is 2.87. The highest BCUT2D eigenvalue weighted by Crippen LogP contribution is 2.31. The molecule has 0 aromatic carbocycles. The van der Waals surface area contributed by atoms with Crippen molar-refractivity contribution in [2.45, 2.75) is 24.5 Å². The Morgan fingerprint density at radius 1 is 1.45 bits per heavy atom. The van der Waals surface area contributed by atoms with Crippen LogP contribution in [0.2, 0.25) is 0 Å². The molecule has 0 radical (unpaired) electrons. The first-order valence-electron chi connectivity index (χ1n) is 6.46. The van der Waals surface area contributed by atoms with Crippen LogP contribution in [0.15, 0.2) is 4.79 Å². The Labute approximate surface area is 128 Å². The summed E-state index contributed by atoms with van der Waals surface area (Å²) in [5, 5.41) is 29.2. The fourth-order valence-corrected chi connectivity index (χ4v) is 2.89. The molecule has 1 aliphatic rings. The number of aliphatic hydroxyl groups excluding tert-OH is 3. The third-order valence-electron chi connectivity index (χ3n) is 3.72. The summed E-state index contributed by atoms with van der Waals surface area (Å²) in [6.45, 7) is -0.469. The Balaban J connectivity index is 2.26. The third-order valence-corrected chi connectivity index (χ3v) is 4.19. The number of H-pyrrole nitrogens is 1. The number of fused-ring (bicyclic) bond motifs is 1. The van der Waals surface area contributed by atoms with Gasteiger partial charge in [-0.1, -0.05) is 0 Å². The van der Waals surface area contributed by atoms with Gasteiger partial charge in [-0.05, 0) is 12.2 Å². The van der Waals surface area contributed by atoms with Gasteiger partial charge in [-0.3, -0.25) is 14.3 Å². The van der Waals surface area contributed by atoms with Crippen molar-refractivity contribution in [2.24, 2.45) is 7.05 Å². The van der Waals surface area contributed by atoms with Crippen LogP contribution < -0.4 is 11.3 Å². The minimum Gasteiger partial charge on any atom is -0.394 e. The molecule has 0 saturated carbocycles. The van der Waals surface area contributed by atoms with Gasteiger partial charge in [-0.25, -0.2) is 0 Å². The summed E-state index contributed by atoms with van der Waals surface area (Å²) in [4.78, 5) is 18.4. The molecule has 10 nitrogen and oxygen atoms in total. The third kappa shape index (κ3) is 1.98. The van der Waals surface area contributed by atoms with Gasteiger partial charge in [0, 0.05) is 7.05 Å². The molecule has 0 spiro atoms.